The third kappa shape index (κ3) is 3.24. The molecule has 0 spiro atoms. The van der Waals surface area contributed by atoms with Crippen LogP contribution in [0.3, 0.4) is 0 Å². The summed E-state index contributed by atoms with van der Waals surface area (Å²) in [5, 5.41) is 16.6. The molecule has 5 heteroatoms. The molecule has 0 aliphatic rings. The summed E-state index contributed by atoms with van der Waals surface area (Å²) in [5.74, 6) is -4.28. The number of rotatable bonds is 4. The first kappa shape index (κ1) is 9.48. The fourth-order valence-corrected chi connectivity index (χ4v) is 0.542. The first-order chi connectivity index (χ1) is 4.95. The summed E-state index contributed by atoms with van der Waals surface area (Å²) in [5.41, 5.74) is 5.10. The van der Waals surface area contributed by atoms with Gasteiger partial charge in [-0.1, -0.05) is 6.58 Å². The van der Waals surface area contributed by atoms with Crippen molar-refractivity contribution in [1.29, 1.82) is 0 Å². The van der Waals surface area contributed by atoms with Crippen LogP contribution in [0.5, 0.6) is 0 Å². The smallest absolute Gasteiger partial charge is 0.318 e. The van der Waals surface area contributed by atoms with Crippen LogP contribution in [-0.2, 0) is 9.59 Å². The lowest BCUT2D eigenvalue weighted by molar-refractivity contribution is -0.154. The van der Waals surface area contributed by atoms with E-state index in [2.05, 4.69) is 6.58 Å². The van der Waals surface area contributed by atoms with E-state index in [4.69, 9.17) is 15.9 Å². The quantitative estimate of drug-likeness (QED) is 0.486. The molecule has 0 aliphatic carbocycles. The molecule has 0 fully saturated rings. The predicted octanol–water partition coefficient (Wildman–Crippen LogP) is -0.366. The Morgan fingerprint density at radius 3 is 1.82 bits per heavy atom. The van der Waals surface area contributed by atoms with Crippen molar-refractivity contribution in [3.8, 4) is 0 Å². The van der Waals surface area contributed by atoms with Crippen LogP contribution < -0.4 is 5.73 Å². The Morgan fingerprint density at radius 2 is 1.73 bits per heavy atom. The second kappa shape index (κ2) is 3.60. The van der Waals surface area contributed by atoms with Crippen LogP contribution in [0, 0.1) is 5.92 Å². The molecule has 4 N–H and O–H groups in total. The lowest BCUT2D eigenvalue weighted by Gasteiger charge is -2.05. The predicted molar refractivity (Wildman–Crippen MR) is 36.7 cm³/mol. The molecule has 0 bridgehead atoms. The fraction of sp³-hybridized carbons (Fsp3) is 0.333. The minimum Gasteiger partial charge on any atom is -0.481 e. The summed E-state index contributed by atoms with van der Waals surface area (Å²) in [7, 11) is 0. The molecule has 0 aromatic heterocycles. The van der Waals surface area contributed by atoms with Crippen LogP contribution in [0.4, 0.5) is 0 Å². The van der Waals surface area contributed by atoms with Gasteiger partial charge in [-0.2, -0.15) is 0 Å². The zero-order valence-corrected chi connectivity index (χ0v) is 5.78. The summed E-state index contributed by atoms with van der Waals surface area (Å²) in [6.07, 6.45) is -0.231. The Kier molecular flexibility index (Phi) is 3.10. The van der Waals surface area contributed by atoms with Gasteiger partial charge in [0.15, 0.2) is 5.92 Å². The lowest BCUT2D eigenvalue weighted by Crippen LogP contribution is -2.24. The van der Waals surface area contributed by atoms with E-state index < -0.39 is 17.9 Å². The third-order valence-electron chi connectivity index (χ3n) is 1.06. The van der Waals surface area contributed by atoms with Crippen molar-refractivity contribution < 1.29 is 19.8 Å². The molecule has 0 aliphatic heterocycles. The van der Waals surface area contributed by atoms with Crippen molar-refractivity contribution in [3.05, 3.63) is 12.3 Å². The van der Waals surface area contributed by atoms with Gasteiger partial charge in [0.1, 0.15) is 0 Å². The van der Waals surface area contributed by atoms with Gasteiger partial charge in [0.05, 0.1) is 0 Å². The number of nitrogens with two attached hydrogens (primary N) is 1. The van der Waals surface area contributed by atoms with E-state index in [0.717, 1.165) is 0 Å². The van der Waals surface area contributed by atoms with Crippen LogP contribution >= 0.6 is 0 Å². The van der Waals surface area contributed by atoms with Gasteiger partial charge in [-0.15, -0.1) is 0 Å². The molecule has 0 saturated carbocycles. The Bertz CT molecular complexity index is 185. The van der Waals surface area contributed by atoms with Gasteiger partial charge < -0.3 is 15.9 Å². The Labute approximate surface area is 63.1 Å². The number of aliphatic carboxylic acids is 2. The maximum absolute atomic E-state index is 10.2. The number of carboxylic acid groups (broad SMARTS) is 2. The molecule has 0 heterocycles. The first-order valence-electron chi connectivity index (χ1n) is 2.84. The van der Waals surface area contributed by atoms with E-state index in [9.17, 15) is 9.59 Å². The monoisotopic (exact) mass is 159 g/mol. The highest BCUT2D eigenvalue weighted by molar-refractivity contribution is 5.93. The SMILES string of the molecule is C=C(N)CC(C(=O)O)C(=O)O. The average molecular weight is 159 g/mol. The van der Waals surface area contributed by atoms with Crippen LogP contribution in [-0.4, -0.2) is 22.2 Å². The van der Waals surface area contributed by atoms with Crippen LogP contribution in [0.15, 0.2) is 12.3 Å². The molecule has 62 valence electrons. The number of hydrogen-bond acceptors (Lipinski definition) is 3. The highest BCUT2D eigenvalue weighted by Gasteiger charge is 2.25. The summed E-state index contributed by atoms with van der Waals surface area (Å²) in [6.45, 7) is 3.21. The van der Waals surface area contributed by atoms with Crippen LogP contribution in [0.1, 0.15) is 6.42 Å². The first-order valence-corrected chi connectivity index (χ1v) is 2.84. The molecular weight excluding hydrogens is 150 g/mol. The van der Waals surface area contributed by atoms with E-state index in [0.29, 0.717) is 0 Å². The van der Waals surface area contributed by atoms with Gasteiger partial charge in [0.2, 0.25) is 0 Å². The molecule has 11 heavy (non-hydrogen) atoms. The average Bonchev–Trinajstić information content (AvgIpc) is 1.81. The molecule has 0 rings (SSSR count). The fourth-order valence-electron chi connectivity index (χ4n) is 0.542. The minimum atomic E-state index is -1.48. The van der Waals surface area contributed by atoms with E-state index in [1.54, 1.807) is 0 Å². The Hall–Kier alpha value is -1.52. The second-order valence-corrected chi connectivity index (χ2v) is 2.09. The molecule has 0 atom stereocenters. The standard InChI is InChI=1S/C6H9NO4/c1-3(7)2-4(5(8)9)6(10)11/h4H,1-2,7H2,(H,8,9)(H,10,11). The van der Waals surface area contributed by atoms with Gasteiger partial charge in [-0.05, 0) is 0 Å². The Morgan fingerprint density at radius 1 is 1.36 bits per heavy atom. The van der Waals surface area contributed by atoms with E-state index in [1.807, 2.05) is 0 Å². The Balaban J connectivity index is 4.23. The highest BCUT2D eigenvalue weighted by atomic mass is 16.4. The zero-order valence-electron chi connectivity index (χ0n) is 5.78. The van der Waals surface area contributed by atoms with Crippen molar-refractivity contribution in [2.24, 2.45) is 11.7 Å². The number of carbonyl (C=O) groups is 2. The second-order valence-electron chi connectivity index (χ2n) is 2.09. The molecule has 5 nitrogen and oxygen atoms in total. The molecule has 0 saturated heterocycles. The molecule has 0 aromatic rings. The maximum atomic E-state index is 10.2. The van der Waals surface area contributed by atoms with E-state index >= 15 is 0 Å². The minimum absolute atomic E-state index is 0.0554. The van der Waals surface area contributed by atoms with Crippen molar-refractivity contribution >= 4 is 11.9 Å². The molecule has 0 aromatic carbocycles. The largest absolute Gasteiger partial charge is 0.481 e. The van der Waals surface area contributed by atoms with Crippen molar-refractivity contribution in [1.82, 2.24) is 0 Å². The van der Waals surface area contributed by atoms with Gasteiger partial charge >= 0.3 is 11.9 Å². The topological polar surface area (TPSA) is 101 Å². The highest BCUT2D eigenvalue weighted by Crippen LogP contribution is 2.06. The summed E-state index contributed by atoms with van der Waals surface area (Å²) >= 11 is 0. The molecular formula is C6H9NO4. The number of hydrogen-bond donors (Lipinski definition) is 3. The van der Waals surface area contributed by atoms with Gasteiger partial charge in [0.25, 0.3) is 0 Å². The summed E-state index contributed by atoms with van der Waals surface area (Å²) in [6, 6.07) is 0. The van der Waals surface area contributed by atoms with Gasteiger partial charge in [0, 0.05) is 12.1 Å². The van der Waals surface area contributed by atoms with Crippen molar-refractivity contribution in [2.45, 2.75) is 6.42 Å². The molecule has 0 unspecified atom stereocenters. The maximum Gasteiger partial charge on any atom is 0.318 e. The van der Waals surface area contributed by atoms with Gasteiger partial charge in [-0.3, -0.25) is 9.59 Å². The van der Waals surface area contributed by atoms with Crippen LogP contribution in [0.25, 0.3) is 0 Å². The van der Waals surface area contributed by atoms with Crippen molar-refractivity contribution in [3.63, 3.8) is 0 Å². The van der Waals surface area contributed by atoms with E-state index in [-0.39, 0.29) is 12.1 Å². The van der Waals surface area contributed by atoms with E-state index in [1.165, 1.54) is 0 Å². The normalized spacial score (nSPS) is 9.55. The number of allylic oxidation sites excluding steroid dienone is 1. The zero-order chi connectivity index (χ0) is 9.02. The van der Waals surface area contributed by atoms with Gasteiger partial charge in [-0.25, -0.2) is 0 Å². The molecule has 0 amide bonds. The summed E-state index contributed by atoms with van der Waals surface area (Å²) in [4.78, 5) is 20.4. The lowest BCUT2D eigenvalue weighted by atomic mass is 10.1. The van der Waals surface area contributed by atoms with Crippen molar-refractivity contribution in [2.75, 3.05) is 0 Å². The third-order valence-corrected chi connectivity index (χ3v) is 1.06. The van der Waals surface area contributed by atoms with Crippen LogP contribution in [0.2, 0.25) is 0 Å². The number of carboxylic acids is 2. The molecule has 0 radical (unpaired) electrons. The summed E-state index contributed by atoms with van der Waals surface area (Å²) < 4.78 is 0.